The van der Waals surface area contributed by atoms with E-state index in [0.29, 0.717) is 11.4 Å². The van der Waals surface area contributed by atoms with Crippen molar-refractivity contribution >= 4 is 11.9 Å². The van der Waals surface area contributed by atoms with Crippen molar-refractivity contribution < 1.29 is 29.3 Å². The highest BCUT2D eigenvalue weighted by atomic mass is 16.5. The zero-order valence-electron chi connectivity index (χ0n) is 15.9. The van der Waals surface area contributed by atoms with Crippen LogP contribution in [0.1, 0.15) is 48.5 Å². The predicted molar refractivity (Wildman–Crippen MR) is 97.8 cm³/mol. The molecule has 2 aromatic rings. The minimum absolute atomic E-state index is 0.206. The number of carbonyl (C=O) groups excluding carboxylic acids is 2. The summed E-state index contributed by atoms with van der Waals surface area (Å²) in [7, 11) is 0. The van der Waals surface area contributed by atoms with Gasteiger partial charge in [0, 0.05) is 24.2 Å². The highest BCUT2D eigenvalue weighted by Crippen LogP contribution is 2.37. The molecule has 8 heteroatoms. The number of esters is 2. The number of ether oxygens (including phenoxy) is 2. The van der Waals surface area contributed by atoms with Crippen molar-refractivity contribution in [3.05, 3.63) is 47.0 Å². The minimum Gasteiger partial charge on any atom is -0.465 e. The molecule has 0 amide bonds. The third kappa shape index (κ3) is 2.75. The third-order valence-electron chi connectivity index (χ3n) is 5.45. The fraction of sp³-hybridized carbons (Fsp3) is 0.500. The van der Waals surface area contributed by atoms with Crippen molar-refractivity contribution in [1.82, 2.24) is 9.35 Å². The summed E-state index contributed by atoms with van der Waals surface area (Å²) in [5, 5.41) is 21.6. The summed E-state index contributed by atoms with van der Waals surface area (Å²) < 4.78 is 14.0. The molecule has 150 valence electrons. The molecule has 0 fully saturated rings. The molecule has 2 aliphatic heterocycles. The van der Waals surface area contributed by atoms with Gasteiger partial charge in [0.15, 0.2) is 0 Å². The number of aromatic nitrogens is 2. The smallest absolute Gasteiger partial charge is 0.317 e. The second kappa shape index (κ2) is 7.10. The van der Waals surface area contributed by atoms with E-state index >= 15 is 0 Å². The summed E-state index contributed by atoms with van der Waals surface area (Å²) >= 11 is 0. The quantitative estimate of drug-likeness (QED) is 0.749. The first-order valence-corrected chi connectivity index (χ1v) is 9.59. The fourth-order valence-corrected chi connectivity index (χ4v) is 4.32. The third-order valence-corrected chi connectivity index (χ3v) is 5.45. The Morgan fingerprint density at radius 2 is 1.29 bits per heavy atom. The Balaban J connectivity index is 1.93. The van der Waals surface area contributed by atoms with Crippen molar-refractivity contribution in [2.45, 2.75) is 50.7 Å². The lowest BCUT2D eigenvalue weighted by atomic mass is 9.95. The number of aliphatic hydroxyl groups excluding tert-OH is 2. The van der Waals surface area contributed by atoms with Crippen LogP contribution in [0.2, 0.25) is 0 Å². The van der Waals surface area contributed by atoms with Crippen molar-refractivity contribution in [3.63, 3.8) is 0 Å². The zero-order valence-corrected chi connectivity index (χ0v) is 15.9. The Morgan fingerprint density at radius 1 is 0.857 bits per heavy atom. The van der Waals surface area contributed by atoms with Crippen LogP contribution in [0, 0.1) is 0 Å². The summed E-state index contributed by atoms with van der Waals surface area (Å²) in [6.45, 7) is 3.84. The Kier molecular flexibility index (Phi) is 4.76. The van der Waals surface area contributed by atoms with Gasteiger partial charge in [0.25, 0.3) is 0 Å². The van der Waals surface area contributed by atoms with Crippen LogP contribution in [0.5, 0.6) is 0 Å². The molecule has 0 bridgehead atoms. The average Bonchev–Trinajstić information content (AvgIpc) is 3.14. The van der Waals surface area contributed by atoms with Crippen LogP contribution in [0.15, 0.2) is 24.3 Å². The molecule has 4 unspecified atom stereocenters. The highest BCUT2D eigenvalue weighted by molar-refractivity contribution is 5.81. The molecule has 0 aromatic carbocycles. The van der Waals surface area contributed by atoms with Crippen molar-refractivity contribution in [1.29, 1.82) is 0 Å². The van der Waals surface area contributed by atoms with Gasteiger partial charge in [-0.25, -0.2) is 0 Å². The molecular formula is C20H24N2O6. The first-order valence-electron chi connectivity index (χ1n) is 9.59. The first kappa shape index (κ1) is 18.8. The van der Waals surface area contributed by atoms with Gasteiger partial charge in [-0.05, 0) is 38.1 Å². The van der Waals surface area contributed by atoms with E-state index in [2.05, 4.69) is 0 Å². The van der Waals surface area contributed by atoms with E-state index in [1.54, 1.807) is 30.7 Å². The maximum Gasteiger partial charge on any atom is 0.317 e. The maximum absolute atomic E-state index is 12.6. The molecule has 2 aliphatic rings. The Morgan fingerprint density at radius 3 is 1.68 bits per heavy atom. The molecule has 28 heavy (non-hydrogen) atoms. The lowest BCUT2D eigenvalue weighted by Gasteiger charge is -2.22. The second-order valence-corrected chi connectivity index (χ2v) is 7.13. The molecule has 2 N–H and O–H groups in total. The minimum atomic E-state index is -0.963. The van der Waals surface area contributed by atoms with Crippen LogP contribution in [-0.4, -0.2) is 56.9 Å². The number of nitrogens with zero attached hydrogens (tertiary/aromatic N) is 2. The van der Waals surface area contributed by atoms with Gasteiger partial charge in [-0.3, -0.25) is 18.9 Å². The van der Waals surface area contributed by atoms with Crippen LogP contribution < -0.4 is 0 Å². The van der Waals surface area contributed by atoms with Gasteiger partial charge < -0.3 is 19.7 Å². The molecule has 0 spiro atoms. The Bertz CT molecular complexity index is 845. The molecule has 4 heterocycles. The van der Waals surface area contributed by atoms with E-state index in [1.165, 1.54) is 0 Å². The summed E-state index contributed by atoms with van der Waals surface area (Å²) in [4.78, 5) is 25.3. The predicted octanol–water partition coefficient (Wildman–Crippen LogP) is 0.728. The van der Waals surface area contributed by atoms with Crippen molar-refractivity contribution in [2.24, 2.45) is 0 Å². The fourth-order valence-electron chi connectivity index (χ4n) is 4.32. The Labute approximate surface area is 162 Å². The normalized spacial score (nSPS) is 25.4. The van der Waals surface area contributed by atoms with Crippen molar-refractivity contribution in [2.75, 3.05) is 13.2 Å². The van der Waals surface area contributed by atoms with Gasteiger partial charge in [0.2, 0.25) is 0 Å². The SMILES string of the molecule is CCOC(=O)C1c2ccc3n2-n2c(ccc2CC(O)C3C(=O)OCC)CC1O. The van der Waals surface area contributed by atoms with E-state index in [1.807, 2.05) is 16.8 Å². The van der Waals surface area contributed by atoms with E-state index in [-0.39, 0.29) is 26.1 Å². The molecule has 0 radical (unpaired) electrons. The van der Waals surface area contributed by atoms with Gasteiger partial charge in [0.1, 0.15) is 11.8 Å². The van der Waals surface area contributed by atoms with Gasteiger partial charge >= 0.3 is 11.9 Å². The number of rotatable bonds is 4. The lowest BCUT2D eigenvalue weighted by Crippen LogP contribution is -2.31. The van der Waals surface area contributed by atoms with Crippen LogP contribution >= 0.6 is 0 Å². The first-order chi connectivity index (χ1) is 13.5. The van der Waals surface area contributed by atoms with E-state index in [0.717, 1.165) is 11.4 Å². The number of hydrogen-bond acceptors (Lipinski definition) is 6. The number of carbonyl (C=O) groups is 2. The average molecular weight is 388 g/mol. The maximum atomic E-state index is 12.6. The molecule has 2 aromatic heterocycles. The summed E-state index contributed by atoms with van der Waals surface area (Å²) in [5.74, 6) is -2.81. The zero-order chi connectivity index (χ0) is 20.0. The van der Waals surface area contributed by atoms with Gasteiger partial charge in [-0.1, -0.05) is 0 Å². The lowest BCUT2D eigenvalue weighted by molar-refractivity contribution is -0.148. The van der Waals surface area contributed by atoms with Crippen LogP contribution in [0.4, 0.5) is 0 Å². The van der Waals surface area contributed by atoms with Crippen LogP contribution in [-0.2, 0) is 31.9 Å². The molecule has 8 nitrogen and oxygen atoms in total. The van der Waals surface area contributed by atoms with E-state index in [4.69, 9.17) is 9.47 Å². The largest absolute Gasteiger partial charge is 0.465 e. The monoisotopic (exact) mass is 388 g/mol. The van der Waals surface area contributed by atoms with E-state index in [9.17, 15) is 19.8 Å². The Hall–Kier alpha value is -2.58. The van der Waals surface area contributed by atoms with Gasteiger partial charge in [-0.2, -0.15) is 0 Å². The van der Waals surface area contributed by atoms with Gasteiger partial charge in [0.05, 0.1) is 36.8 Å². The topological polar surface area (TPSA) is 103 Å². The van der Waals surface area contributed by atoms with Crippen LogP contribution in [0.3, 0.4) is 0 Å². The van der Waals surface area contributed by atoms with E-state index < -0.39 is 36.0 Å². The van der Waals surface area contributed by atoms with Gasteiger partial charge in [-0.15, -0.1) is 0 Å². The summed E-state index contributed by atoms with van der Waals surface area (Å²) in [6.07, 6.45) is -1.42. The summed E-state index contributed by atoms with van der Waals surface area (Å²) in [5.41, 5.74) is 2.65. The molecule has 0 saturated heterocycles. The van der Waals surface area contributed by atoms with Crippen molar-refractivity contribution in [3.8, 4) is 0 Å². The molecular weight excluding hydrogens is 364 g/mol. The molecule has 0 saturated carbocycles. The highest BCUT2D eigenvalue weighted by Gasteiger charge is 2.43. The second-order valence-electron chi connectivity index (χ2n) is 7.13. The number of aliphatic hydroxyl groups is 2. The molecule has 0 aliphatic carbocycles. The molecule has 4 atom stereocenters. The standard InChI is InChI=1S/C20H24N2O6/c1-3-27-19(25)17-13-7-8-14-18(20(26)28-4-2)16(24)10-12-6-5-11(9-15(17)23)21(12)22(13)14/h5-8,15-18,23-24H,3-4,9-10H2,1-2H3. The number of hydrogen-bond donors (Lipinski definition) is 2. The summed E-state index contributed by atoms with van der Waals surface area (Å²) in [6, 6.07) is 7.17. The van der Waals surface area contributed by atoms with Crippen LogP contribution in [0.25, 0.3) is 0 Å². The molecule has 4 rings (SSSR count).